The van der Waals surface area contributed by atoms with Crippen molar-refractivity contribution >= 4 is 11.8 Å². The minimum absolute atomic E-state index is 0.0129. The number of amides is 2. The summed E-state index contributed by atoms with van der Waals surface area (Å²) in [7, 11) is 0. The average molecular weight is 367 g/mol. The smallest absolute Gasteiger partial charge is 0.255 e. The van der Waals surface area contributed by atoms with Crippen LogP contribution in [0.2, 0.25) is 0 Å². The number of ether oxygens (including phenoxy) is 1. The molecule has 2 amide bonds. The van der Waals surface area contributed by atoms with Gasteiger partial charge in [-0.15, -0.1) is 0 Å². The molecule has 1 fully saturated rings. The summed E-state index contributed by atoms with van der Waals surface area (Å²) in [6.45, 7) is 3.95. The molecule has 3 rings (SSSR count). The van der Waals surface area contributed by atoms with E-state index in [4.69, 9.17) is 10.5 Å². The monoisotopic (exact) mass is 367 g/mol. The summed E-state index contributed by atoms with van der Waals surface area (Å²) in [5.74, 6) is -0.0842. The van der Waals surface area contributed by atoms with Crippen LogP contribution in [0.15, 0.2) is 54.6 Å². The van der Waals surface area contributed by atoms with E-state index in [1.807, 2.05) is 11.0 Å². The van der Waals surface area contributed by atoms with Gasteiger partial charge in [-0.25, -0.2) is 0 Å². The average Bonchev–Trinajstić information content (AvgIpc) is 2.92. The quantitative estimate of drug-likeness (QED) is 0.846. The van der Waals surface area contributed by atoms with E-state index in [0.717, 1.165) is 32.6 Å². The molecule has 0 unspecified atom stereocenters. The highest BCUT2D eigenvalue weighted by molar-refractivity contribution is 5.94. The fourth-order valence-corrected chi connectivity index (χ4v) is 3.23. The lowest BCUT2D eigenvalue weighted by Crippen LogP contribution is -2.35. The summed E-state index contributed by atoms with van der Waals surface area (Å²) in [4.78, 5) is 28.0. The first-order valence-electron chi connectivity index (χ1n) is 9.18. The third kappa shape index (κ3) is 5.56. The van der Waals surface area contributed by atoms with Gasteiger partial charge in [0, 0.05) is 38.3 Å². The Kier molecular flexibility index (Phi) is 6.44. The number of rotatable bonds is 6. The molecular weight excluding hydrogens is 342 g/mol. The van der Waals surface area contributed by atoms with E-state index in [2.05, 4.69) is 29.2 Å². The van der Waals surface area contributed by atoms with Gasteiger partial charge in [-0.1, -0.05) is 36.4 Å². The van der Waals surface area contributed by atoms with E-state index in [1.54, 1.807) is 24.3 Å². The van der Waals surface area contributed by atoms with Crippen molar-refractivity contribution in [2.75, 3.05) is 32.8 Å². The van der Waals surface area contributed by atoms with Crippen LogP contribution in [0.25, 0.3) is 0 Å². The van der Waals surface area contributed by atoms with E-state index in [1.165, 1.54) is 5.56 Å². The highest BCUT2D eigenvalue weighted by atomic mass is 16.5. The molecule has 0 spiro atoms. The number of benzene rings is 2. The molecule has 2 N–H and O–H groups in total. The molecule has 1 aliphatic rings. The Morgan fingerprint density at radius 1 is 0.963 bits per heavy atom. The number of carbonyl (C=O) groups excluding carboxylic acids is 2. The van der Waals surface area contributed by atoms with Crippen molar-refractivity contribution in [3.05, 3.63) is 65.7 Å². The Morgan fingerprint density at radius 2 is 1.78 bits per heavy atom. The topological polar surface area (TPSA) is 75.9 Å². The zero-order valence-electron chi connectivity index (χ0n) is 15.3. The van der Waals surface area contributed by atoms with Crippen LogP contribution in [0.1, 0.15) is 22.3 Å². The highest BCUT2D eigenvalue weighted by Crippen LogP contribution is 2.17. The zero-order chi connectivity index (χ0) is 19.1. The van der Waals surface area contributed by atoms with Crippen LogP contribution < -0.4 is 10.5 Å². The predicted octanol–water partition coefficient (Wildman–Crippen LogP) is 1.90. The third-order valence-electron chi connectivity index (χ3n) is 4.59. The molecule has 1 heterocycles. The van der Waals surface area contributed by atoms with Crippen molar-refractivity contribution in [3.63, 3.8) is 0 Å². The van der Waals surface area contributed by atoms with Crippen molar-refractivity contribution in [2.24, 2.45) is 5.73 Å². The molecule has 0 saturated carbocycles. The summed E-state index contributed by atoms with van der Waals surface area (Å²) in [6, 6.07) is 17.3. The van der Waals surface area contributed by atoms with Gasteiger partial charge in [0.1, 0.15) is 5.75 Å². The van der Waals surface area contributed by atoms with Gasteiger partial charge in [-0.2, -0.15) is 0 Å². The maximum Gasteiger partial charge on any atom is 0.255 e. The molecule has 1 saturated heterocycles. The Balaban J connectivity index is 1.59. The minimum atomic E-state index is -0.544. The largest absolute Gasteiger partial charge is 0.484 e. The summed E-state index contributed by atoms with van der Waals surface area (Å²) >= 11 is 0. The Labute approximate surface area is 159 Å². The standard InChI is InChI=1S/C21H25N3O3/c22-20(25)16-27-19-9-4-8-18(14-19)21(26)24-11-5-10-23(12-13-24)15-17-6-2-1-3-7-17/h1-4,6-9,14H,5,10-13,15-16H2,(H2,22,25). The van der Waals surface area contributed by atoms with Crippen molar-refractivity contribution in [2.45, 2.75) is 13.0 Å². The molecule has 0 aromatic heterocycles. The molecule has 142 valence electrons. The summed E-state index contributed by atoms with van der Waals surface area (Å²) < 4.78 is 5.30. The van der Waals surface area contributed by atoms with E-state index in [9.17, 15) is 9.59 Å². The Bertz CT molecular complexity index is 779. The number of primary amides is 1. The van der Waals surface area contributed by atoms with Crippen molar-refractivity contribution in [3.8, 4) is 5.75 Å². The van der Waals surface area contributed by atoms with Gasteiger partial charge in [0.05, 0.1) is 0 Å². The summed E-state index contributed by atoms with van der Waals surface area (Å²) in [5, 5.41) is 0. The van der Waals surface area contributed by atoms with Crippen LogP contribution in [0.5, 0.6) is 5.75 Å². The van der Waals surface area contributed by atoms with Crippen molar-refractivity contribution in [1.82, 2.24) is 9.80 Å². The molecular formula is C21H25N3O3. The van der Waals surface area contributed by atoms with Gasteiger partial charge in [0.15, 0.2) is 6.61 Å². The summed E-state index contributed by atoms with van der Waals surface area (Å²) in [5.41, 5.74) is 6.95. The molecule has 0 aliphatic carbocycles. The molecule has 6 heteroatoms. The van der Waals surface area contributed by atoms with Crippen LogP contribution in [0, 0.1) is 0 Å². The maximum atomic E-state index is 12.9. The van der Waals surface area contributed by atoms with Crippen LogP contribution >= 0.6 is 0 Å². The SMILES string of the molecule is NC(=O)COc1cccc(C(=O)N2CCCN(Cc3ccccc3)CC2)c1. The van der Waals surface area contributed by atoms with E-state index < -0.39 is 5.91 Å². The molecule has 6 nitrogen and oxygen atoms in total. The number of nitrogens with zero attached hydrogens (tertiary/aromatic N) is 2. The lowest BCUT2D eigenvalue weighted by molar-refractivity contribution is -0.119. The zero-order valence-corrected chi connectivity index (χ0v) is 15.3. The van der Waals surface area contributed by atoms with Crippen LogP contribution in [-0.4, -0.2) is 54.4 Å². The second-order valence-corrected chi connectivity index (χ2v) is 6.69. The highest BCUT2D eigenvalue weighted by Gasteiger charge is 2.20. The second kappa shape index (κ2) is 9.19. The van der Waals surface area contributed by atoms with Crippen LogP contribution in [-0.2, 0) is 11.3 Å². The normalized spacial score (nSPS) is 15.2. The molecule has 27 heavy (non-hydrogen) atoms. The van der Waals surface area contributed by atoms with Gasteiger partial charge < -0.3 is 15.4 Å². The van der Waals surface area contributed by atoms with Crippen LogP contribution in [0.4, 0.5) is 0 Å². The van der Waals surface area contributed by atoms with E-state index >= 15 is 0 Å². The number of hydrogen-bond donors (Lipinski definition) is 1. The lowest BCUT2D eigenvalue weighted by atomic mass is 10.2. The summed E-state index contributed by atoms with van der Waals surface area (Å²) in [6.07, 6.45) is 0.941. The first-order chi connectivity index (χ1) is 13.1. The first kappa shape index (κ1) is 18.9. The van der Waals surface area contributed by atoms with Crippen LogP contribution in [0.3, 0.4) is 0 Å². The van der Waals surface area contributed by atoms with Crippen molar-refractivity contribution < 1.29 is 14.3 Å². The minimum Gasteiger partial charge on any atom is -0.484 e. The van der Waals surface area contributed by atoms with E-state index in [-0.39, 0.29) is 12.5 Å². The molecule has 2 aromatic rings. The lowest BCUT2D eigenvalue weighted by Gasteiger charge is -2.22. The first-order valence-corrected chi connectivity index (χ1v) is 9.18. The number of hydrogen-bond acceptors (Lipinski definition) is 4. The molecule has 0 radical (unpaired) electrons. The Morgan fingerprint density at radius 3 is 2.56 bits per heavy atom. The number of nitrogens with two attached hydrogens (primary N) is 1. The third-order valence-corrected chi connectivity index (χ3v) is 4.59. The second-order valence-electron chi connectivity index (χ2n) is 6.69. The fraction of sp³-hybridized carbons (Fsp3) is 0.333. The molecule has 0 atom stereocenters. The van der Waals surface area contributed by atoms with Gasteiger partial charge in [0.25, 0.3) is 11.8 Å². The molecule has 1 aliphatic heterocycles. The van der Waals surface area contributed by atoms with Gasteiger partial charge in [-0.3, -0.25) is 14.5 Å². The van der Waals surface area contributed by atoms with Gasteiger partial charge in [0.2, 0.25) is 0 Å². The fourth-order valence-electron chi connectivity index (χ4n) is 3.23. The van der Waals surface area contributed by atoms with E-state index in [0.29, 0.717) is 17.9 Å². The predicted molar refractivity (Wildman–Crippen MR) is 103 cm³/mol. The van der Waals surface area contributed by atoms with Crippen molar-refractivity contribution in [1.29, 1.82) is 0 Å². The maximum absolute atomic E-state index is 12.9. The van der Waals surface area contributed by atoms with Gasteiger partial charge in [-0.05, 0) is 30.2 Å². The Hall–Kier alpha value is -2.86. The molecule has 2 aromatic carbocycles. The molecule has 0 bridgehead atoms. The van der Waals surface area contributed by atoms with Gasteiger partial charge >= 0.3 is 0 Å². The number of carbonyl (C=O) groups is 2.